The van der Waals surface area contributed by atoms with E-state index in [2.05, 4.69) is 10.5 Å². The number of oxime groups is 1. The molecule has 15 heavy (non-hydrogen) atoms. The quantitative estimate of drug-likeness (QED) is 0.335. The summed E-state index contributed by atoms with van der Waals surface area (Å²) in [4.78, 5) is 22.2. The second kappa shape index (κ2) is 4.90. The average molecular weight is 206 g/mol. The van der Waals surface area contributed by atoms with Crippen LogP contribution in [-0.4, -0.2) is 22.6 Å². The van der Waals surface area contributed by atoms with Crippen LogP contribution in [0.2, 0.25) is 0 Å². The van der Waals surface area contributed by atoms with Gasteiger partial charge >= 0.3 is 0 Å². The van der Waals surface area contributed by atoms with Crippen LogP contribution in [0.25, 0.3) is 0 Å². The van der Waals surface area contributed by atoms with E-state index in [-0.39, 0.29) is 0 Å². The van der Waals surface area contributed by atoms with Gasteiger partial charge in [0, 0.05) is 12.6 Å². The summed E-state index contributed by atoms with van der Waals surface area (Å²) in [5, 5.41) is 13.5. The van der Waals surface area contributed by atoms with Crippen molar-refractivity contribution >= 4 is 23.1 Å². The summed E-state index contributed by atoms with van der Waals surface area (Å²) < 4.78 is 0. The molecule has 0 aliphatic rings. The van der Waals surface area contributed by atoms with Gasteiger partial charge in [0.25, 0.3) is 5.91 Å². The molecular formula is C10H10N2O3. The van der Waals surface area contributed by atoms with Gasteiger partial charge in [0.15, 0.2) is 5.78 Å². The highest BCUT2D eigenvalue weighted by atomic mass is 16.4. The first-order valence-electron chi connectivity index (χ1n) is 4.24. The van der Waals surface area contributed by atoms with Gasteiger partial charge in [-0.15, -0.1) is 0 Å². The molecule has 0 aromatic heterocycles. The van der Waals surface area contributed by atoms with Crippen molar-refractivity contribution in [2.45, 2.75) is 6.92 Å². The van der Waals surface area contributed by atoms with E-state index in [1.807, 2.05) is 0 Å². The van der Waals surface area contributed by atoms with Gasteiger partial charge in [0.1, 0.15) is 0 Å². The summed E-state index contributed by atoms with van der Waals surface area (Å²) in [5.74, 6) is -1.32. The molecular weight excluding hydrogens is 196 g/mol. The minimum Gasteiger partial charge on any atom is -0.410 e. The number of nitrogens with zero attached hydrogens (tertiary/aromatic N) is 1. The zero-order valence-corrected chi connectivity index (χ0v) is 8.10. The second-order valence-corrected chi connectivity index (χ2v) is 2.82. The maximum atomic E-state index is 11.4. The van der Waals surface area contributed by atoms with Crippen molar-refractivity contribution < 1.29 is 14.8 Å². The molecule has 0 aliphatic heterocycles. The van der Waals surface area contributed by atoms with Gasteiger partial charge in [0.05, 0.1) is 0 Å². The van der Waals surface area contributed by atoms with Gasteiger partial charge in [-0.2, -0.15) is 0 Å². The van der Waals surface area contributed by atoms with Crippen LogP contribution in [0.3, 0.4) is 0 Å². The Hall–Kier alpha value is -2.17. The van der Waals surface area contributed by atoms with E-state index in [4.69, 9.17) is 5.21 Å². The Bertz CT molecular complexity index is 398. The molecule has 0 bridgehead atoms. The minimum absolute atomic E-state index is 0.515. The summed E-state index contributed by atoms with van der Waals surface area (Å²) in [5.41, 5.74) is 0.0174. The van der Waals surface area contributed by atoms with Crippen LogP contribution in [0.1, 0.15) is 6.92 Å². The molecule has 1 rings (SSSR count). The number of rotatable bonds is 3. The number of Topliss-reactive ketones (excluding diaryl/α,β-unsaturated/α-hetero) is 1. The molecule has 0 saturated carbocycles. The monoisotopic (exact) mass is 206 g/mol. The molecule has 1 aromatic carbocycles. The minimum atomic E-state index is -0.726. The van der Waals surface area contributed by atoms with Crippen LogP contribution >= 0.6 is 0 Å². The molecule has 1 amide bonds. The van der Waals surface area contributed by atoms with E-state index in [1.54, 1.807) is 30.3 Å². The number of carbonyl (C=O) groups is 2. The first kappa shape index (κ1) is 10.9. The summed E-state index contributed by atoms with van der Waals surface area (Å²) in [7, 11) is 0. The van der Waals surface area contributed by atoms with Crippen LogP contribution in [0.5, 0.6) is 0 Å². The van der Waals surface area contributed by atoms with Crippen molar-refractivity contribution in [2.24, 2.45) is 5.16 Å². The Kier molecular flexibility index (Phi) is 3.56. The Labute approximate surface area is 86.4 Å². The number of para-hydroxylation sites is 1. The van der Waals surface area contributed by atoms with Crippen LogP contribution in [-0.2, 0) is 9.59 Å². The number of benzene rings is 1. The standard InChI is InChI=1S/C10H10N2O3/c1-7(13)9(12-15)10(14)11-8-5-3-2-4-6-8/h2-6,15H,1H3,(H,11,14)/b12-9-. The second-order valence-electron chi connectivity index (χ2n) is 2.82. The fraction of sp³-hybridized carbons (Fsp3) is 0.100. The lowest BCUT2D eigenvalue weighted by molar-refractivity contribution is -0.114. The number of hydrogen-bond acceptors (Lipinski definition) is 4. The van der Waals surface area contributed by atoms with Gasteiger partial charge in [-0.05, 0) is 12.1 Å². The number of nitrogens with one attached hydrogen (secondary N) is 1. The Morgan fingerprint density at radius 3 is 2.33 bits per heavy atom. The zero-order chi connectivity index (χ0) is 11.3. The highest BCUT2D eigenvalue weighted by Gasteiger charge is 2.16. The molecule has 0 fully saturated rings. The molecule has 78 valence electrons. The van der Waals surface area contributed by atoms with Crippen molar-refractivity contribution in [2.75, 3.05) is 5.32 Å². The average Bonchev–Trinajstić information content (AvgIpc) is 2.19. The van der Waals surface area contributed by atoms with Crippen LogP contribution in [0, 0.1) is 0 Å². The highest BCUT2D eigenvalue weighted by molar-refractivity contribution is 6.67. The molecule has 0 radical (unpaired) electrons. The number of carbonyl (C=O) groups excluding carboxylic acids is 2. The Morgan fingerprint density at radius 1 is 1.27 bits per heavy atom. The van der Waals surface area contributed by atoms with Gasteiger partial charge in [-0.25, -0.2) is 0 Å². The predicted molar refractivity (Wildman–Crippen MR) is 55.0 cm³/mol. The van der Waals surface area contributed by atoms with E-state index in [0.29, 0.717) is 5.69 Å². The first-order valence-corrected chi connectivity index (χ1v) is 4.24. The maximum absolute atomic E-state index is 11.4. The smallest absolute Gasteiger partial charge is 0.281 e. The van der Waals surface area contributed by atoms with Gasteiger partial charge < -0.3 is 10.5 Å². The van der Waals surface area contributed by atoms with Crippen molar-refractivity contribution in [3.63, 3.8) is 0 Å². The van der Waals surface area contributed by atoms with Gasteiger partial charge in [0.2, 0.25) is 5.71 Å². The summed E-state index contributed by atoms with van der Waals surface area (Å²) in [6.07, 6.45) is 0. The number of hydrogen-bond donors (Lipinski definition) is 2. The number of amides is 1. The van der Waals surface area contributed by atoms with Gasteiger partial charge in [-0.1, -0.05) is 23.4 Å². The van der Waals surface area contributed by atoms with E-state index in [1.165, 1.54) is 0 Å². The van der Waals surface area contributed by atoms with Crippen molar-refractivity contribution in [1.82, 2.24) is 0 Å². The molecule has 0 spiro atoms. The molecule has 0 unspecified atom stereocenters. The molecule has 1 aromatic rings. The summed E-state index contributed by atoms with van der Waals surface area (Å²) >= 11 is 0. The molecule has 0 heterocycles. The lowest BCUT2D eigenvalue weighted by Crippen LogP contribution is -2.28. The molecule has 5 nitrogen and oxygen atoms in total. The van der Waals surface area contributed by atoms with E-state index in [0.717, 1.165) is 6.92 Å². The SMILES string of the molecule is CC(=O)/C(=N/O)C(=O)Nc1ccccc1. The first-order chi connectivity index (χ1) is 7.15. The highest BCUT2D eigenvalue weighted by Crippen LogP contribution is 2.04. The lowest BCUT2D eigenvalue weighted by Gasteiger charge is -2.03. The molecule has 0 saturated heterocycles. The molecule has 2 N–H and O–H groups in total. The van der Waals surface area contributed by atoms with E-state index in [9.17, 15) is 9.59 Å². The topological polar surface area (TPSA) is 78.8 Å². The van der Waals surface area contributed by atoms with Gasteiger partial charge in [-0.3, -0.25) is 9.59 Å². The van der Waals surface area contributed by atoms with Crippen molar-refractivity contribution in [3.8, 4) is 0 Å². The third-order valence-corrected chi connectivity index (χ3v) is 1.68. The predicted octanol–water partition coefficient (Wildman–Crippen LogP) is 1.04. The Balaban J connectivity index is 2.76. The maximum Gasteiger partial charge on any atom is 0.281 e. The van der Waals surface area contributed by atoms with Crippen molar-refractivity contribution in [3.05, 3.63) is 30.3 Å². The van der Waals surface area contributed by atoms with Crippen LogP contribution < -0.4 is 5.32 Å². The molecule has 0 aliphatic carbocycles. The normalized spacial score (nSPS) is 10.9. The lowest BCUT2D eigenvalue weighted by atomic mass is 10.2. The summed E-state index contributed by atoms with van der Waals surface area (Å²) in [6.45, 7) is 1.15. The third kappa shape index (κ3) is 2.91. The number of anilines is 1. The van der Waals surface area contributed by atoms with E-state index < -0.39 is 17.4 Å². The van der Waals surface area contributed by atoms with Crippen LogP contribution in [0.4, 0.5) is 5.69 Å². The fourth-order valence-electron chi connectivity index (χ4n) is 0.987. The summed E-state index contributed by atoms with van der Waals surface area (Å²) in [6, 6.07) is 8.58. The fourth-order valence-corrected chi connectivity index (χ4v) is 0.987. The molecule has 0 atom stereocenters. The van der Waals surface area contributed by atoms with E-state index >= 15 is 0 Å². The zero-order valence-electron chi connectivity index (χ0n) is 8.10. The van der Waals surface area contributed by atoms with Crippen LogP contribution in [0.15, 0.2) is 35.5 Å². The Morgan fingerprint density at radius 2 is 1.87 bits per heavy atom. The largest absolute Gasteiger partial charge is 0.410 e. The van der Waals surface area contributed by atoms with Crippen molar-refractivity contribution in [1.29, 1.82) is 0 Å². The number of ketones is 1. The third-order valence-electron chi connectivity index (χ3n) is 1.68. The molecule has 5 heteroatoms.